The van der Waals surface area contributed by atoms with Gasteiger partial charge in [0.2, 0.25) is 0 Å². The van der Waals surface area contributed by atoms with E-state index in [1.54, 1.807) is 18.2 Å². The summed E-state index contributed by atoms with van der Waals surface area (Å²) in [5.74, 6) is 0.573. The molecule has 0 aliphatic heterocycles. The molecular weight excluding hydrogens is 362 g/mol. The lowest BCUT2D eigenvalue weighted by Crippen LogP contribution is -2.21. The lowest BCUT2D eigenvalue weighted by Gasteiger charge is -2.16. The summed E-state index contributed by atoms with van der Waals surface area (Å²) >= 11 is 0. The lowest BCUT2D eigenvalue weighted by molar-refractivity contribution is 0.232. The molecule has 27 heavy (non-hydrogen) atoms. The van der Waals surface area contributed by atoms with Gasteiger partial charge in [-0.15, -0.1) is 0 Å². The Morgan fingerprint density at radius 1 is 1.11 bits per heavy atom. The summed E-state index contributed by atoms with van der Waals surface area (Å²) in [6, 6.07) is 13.0. The molecule has 0 fully saturated rings. The number of anilines is 1. The summed E-state index contributed by atoms with van der Waals surface area (Å²) in [6.07, 6.45) is 3.36. The van der Waals surface area contributed by atoms with Crippen LogP contribution in [-0.4, -0.2) is 42.9 Å². The second-order valence-corrected chi connectivity index (χ2v) is 8.81. The van der Waals surface area contributed by atoms with Crippen LogP contribution in [0, 0.1) is 12.8 Å². The highest BCUT2D eigenvalue weighted by molar-refractivity contribution is 7.90. The number of hydrogen-bond acceptors (Lipinski definition) is 6. The average Bonchev–Trinajstić information content (AvgIpc) is 2.65. The Morgan fingerprint density at radius 2 is 1.85 bits per heavy atom. The molecule has 0 saturated heterocycles. The molecule has 0 spiro atoms. The second-order valence-electron chi connectivity index (χ2n) is 6.79. The van der Waals surface area contributed by atoms with E-state index in [0.29, 0.717) is 23.3 Å². The van der Waals surface area contributed by atoms with Crippen LogP contribution in [0.3, 0.4) is 0 Å². The molecule has 0 unspecified atom stereocenters. The van der Waals surface area contributed by atoms with Crippen molar-refractivity contribution in [1.29, 1.82) is 0 Å². The molecule has 3 aromatic rings. The van der Waals surface area contributed by atoms with Crippen LogP contribution in [0.25, 0.3) is 10.9 Å². The molecule has 0 aliphatic rings. The number of aliphatic hydroxyl groups excluding tert-OH is 1. The zero-order chi connectivity index (χ0) is 19.4. The fourth-order valence-electron chi connectivity index (χ4n) is 2.91. The normalized spacial score (nSPS) is 12.9. The molecule has 0 radical (unpaired) electrons. The fourth-order valence-corrected chi connectivity index (χ4v) is 3.55. The second kappa shape index (κ2) is 8.02. The summed E-state index contributed by atoms with van der Waals surface area (Å²) in [7, 11) is -3.31. The van der Waals surface area contributed by atoms with Crippen LogP contribution in [0.4, 0.5) is 5.82 Å². The van der Waals surface area contributed by atoms with Crippen molar-refractivity contribution in [3.05, 3.63) is 59.9 Å². The molecule has 3 rings (SSSR count). The minimum absolute atomic E-state index is 0.0100. The Labute approximate surface area is 159 Å². The number of fused-ring (bicyclic) bond motifs is 1. The molecule has 1 aromatic heterocycles. The first-order valence-electron chi connectivity index (χ1n) is 8.72. The lowest BCUT2D eigenvalue weighted by atomic mass is 9.99. The fraction of sp³-hybridized carbons (Fsp3) is 0.300. The Bertz CT molecular complexity index is 1030. The summed E-state index contributed by atoms with van der Waals surface area (Å²) in [6.45, 7) is 2.60. The molecule has 2 aromatic carbocycles. The van der Waals surface area contributed by atoms with E-state index in [1.165, 1.54) is 18.1 Å². The molecule has 0 aliphatic carbocycles. The van der Waals surface area contributed by atoms with Gasteiger partial charge >= 0.3 is 0 Å². The Balaban J connectivity index is 1.79. The summed E-state index contributed by atoms with van der Waals surface area (Å²) < 4.78 is 23.7. The molecule has 0 saturated carbocycles. The monoisotopic (exact) mass is 385 g/mol. The highest BCUT2D eigenvalue weighted by Gasteiger charge is 2.13. The van der Waals surface area contributed by atoms with E-state index in [4.69, 9.17) is 0 Å². The predicted octanol–water partition coefficient (Wildman–Crippen LogP) is 2.60. The number of sulfone groups is 1. The minimum Gasteiger partial charge on any atom is -0.396 e. The zero-order valence-corrected chi connectivity index (χ0v) is 16.2. The van der Waals surface area contributed by atoms with Crippen LogP contribution < -0.4 is 5.32 Å². The molecule has 2 N–H and O–H groups in total. The minimum atomic E-state index is -3.31. The molecule has 142 valence electrons. The number of nitrogens with one attached hydrogen (secondary N) is 1. The summed E-state index contributed by atoms with van der Waals surface area (Å²) in [5.41, 5.74) is 3.03. The van der Waals surface area contributed by atoms with Gasteiger partial charge in [0, 0.05) is 30.7 Å². The molecule has 6 nitrogen and oxygen atoms in total. The Kier molecular flexibility index (Phi) is 5.72. The Morgan fingerprint density at radius 3 is 2.52 bits per heavy atom. The van der Waals surface area contributed by atoms with Crippen molar-refractivity contribution in [3.63, 3.8) is 0 Å². The molecule has 0 bridgehead atoms. The van der Waals surface area contributed by atoms with Gasteiger partial charge in [0.1, 0.15) is 12.1 Å². The molecule has 7 heteroatoms. The van der Waals surface area contributed by atoms with Gasteiger partial charge < -0.3 is 10.4 Å². The maximum atomic E-state index is 11.8. The third-order valence-electron chi connectivity index (χ3n) is 4.50. The van der Waals surface area contributed by atoms with E-state index < -0.39 is 9.84 Å². The predicted molar refractivity (Wildman–Crippen MR) is 107 cm³/mol. The smallest absolute Gasteiger partial charge is 0.175 e. The number of nitrogens with zero attached hydrogens (tertiary/aromatic N) is 2. The van der Waals surface area contributed by atoms with E-state index in [2.05, 4.69) is 39.6 Å². The van der Waals surface area contributed by atoms with Gasteiger partial charge in [-0.1, -0.05) is 29.8 Å². The highest BCUT2D eigenvalue weighted by atomic mass is 32.2. The zero-order valence-electron chi connectivity index (χ0n) is 15.4. The van der Waals surface area contributed by atoms with Crippen LogP contribution in [-0.2, 0) is 16.3 Å². The topological polar surface area (TPSA) is 92.2 Å². The molecule has 0 amide bonds. The van der Waals surface area contributed by atoms with Crippen molar-refractivity contribution in [2.75, 3.05) is 24.7 Å². The number of aromatic nitrogens is 2. The average molecular weight is 385 g/mol. The first kappa shape index (κ1) is 19.3. The molecule has 1 heterocycles. The summed E-state index contributed by atoms with van der Waals surface area (Å²) in [5, 5.41) is 13.6. The number of rotatable bonds is 7. The first-order chi connectivity index (χ1) is 12.9. The standard InChI is InChI=1S/C20H23N3O3S/c1-14-3-5-15(6-4-14)9-16(12-24)11-21-20-18-10-17(27(2,25)26)7-8-19(18)22-13-23-20/h3-8,10,13,16,24H,9,11-12H2,1-2H3,(H,21,22,23)/t16-/m0/s1. The quantitative estimate of drug-likeness (QED) is 0.649. The van der Waals surface area contributed by atoms with Gasteiger partial charge in [-0.25, -0.2) is 18.4 Å². The SMILES string of the molecule is Cc1ccc(C[C@H](CO)CNc2ncnc3ccc(S(C)(=O)=O)cc23)cc1. The van der Waals surface area contributed by atoms with Crippen molar-refractivity contribution in [3.8, 4) is 0 Å². The van der Waals surface area contributed by atoms with Crippen LogP contribution in [0.1, 0.15) is 11.1 Å². The van der Waals surface area contributed by atoms with Crippen LogP contribution in [0.5, 0.6) is 0 Å². The van der Waals surface area contributed by atoms with Gasteiger partial charge in [-0.3, -0.25) is 0 Å². The third kappa shape index (κ3) is 4.81. The van der Waals surface area contributed by atoms with Gasteiger partial charge in [0.05, 0.1) is 10.4 Å². The highest BCUT2D eigenvalue weighted by Crippen LogP contribution is 2.23. The summed E-state index contributed by atoms with van der Waals surface area (Å²) in [4.78, 5) is 8.68. The van der Waals surface area contributed by atoms with Crippen LogP contribution in [0.2, 0.25) is 0 Å². The van der Waals surface area contributed by atoms with Crippen molar-refractivity contribution >= 4 is 26.6 Å². The van der Waals surface area contributed by atoms with E-state index in [0.717, 1.165) is 12.0 Å². The first-order valence-corrected chi connectivity index (χ1v) is 10.6. The number of aryl methyl sites for hydroxylation is 1. The van der Waals surface area contributed by atoms with Crippen molar-refractivity contribution < 1.29 is 13.5 Å². The van der Waals surface area contributed by atoms with Crippen LogP contribution >= 0.6 is 0 Å². The van der Waals surface area contributed by atoms with Crippen molar-refractivity contribution in [2.45, 2.75) is 18.2 Å². The maximum absolute atomic E-state index is 11.8. The van der Waals surface area contributed by atoms with E-state index in [9.17, 15) is 13.5 Å². The van der Waals surface area contributed by atoms with E-state index >= 15 is 0 Å². The number of benzene rings is 2. The molecular formula is C20H23N3O3S. The third-order valence-corrected chi connectivity index (χ3v) is 5.61. The van der Waals surface area contributed by atoms with Crippen LogP contribution in [0.15, 0.2) is 53.7 Å². The maximum Gasteiger partial charge on any atom is 0.175 e. The van der Waals surface area contributed by atoms with E-state index in [1.807, 2.05) is 6.92 Å². The van der Waals surface area contributed by atoms with Crippen molar-refractivity contribution in [1.82, 2.24) is 9.97 Å². The largest absolute Gasteiger partial charge is 0.396 e. The molecule has 1 atom stereocenters. The van der Waals surface area contributed by atoms with E-state index in [-0.39, 0.29) is 17.4 Å². The van der Waals surface area contributed by atoms with Gasteiger partial charge in [-0.05, 0) is 37.1 Å². The number of hydrogen-bond donors (Lipinski definition) is 2. The van der Waals surface area contributed by atoms with Crippen molar-refractivity contribution in [2.24, 2.45) is 5.92 Å². The number of aliphatic hydroxyl groups is 1. The van der Waals surface area contributed by atoms with Gasteiger partial charge in [0.15, 0.2) is 9.84 Å². The Hall–Kier alpha value is -2.51. The van der Waals surface area contributed by atoms with Gasteiger partial charge in [0.25, 0.3) is 0 Å². The van der Waals surface area contributed by atoms with Gasteiger partial charge in [-0.2, -0.15) is 0 Å².